The molecule has 31 heavy (non-hydrogen) atoms. The molecule has 0 unspecified atom stereocenters. The second kappa shape index (κ2) is 11.5. The van der Waals surface area contributed by atoms with E-state index in [-0.39, 0.29) is 6.47 Å². The second-order valence-corrected chi connectivity index (χ2v) is 6.89. The Morgan fingerprint density at radius 3 is 2.23 bits per heavy atom. The summed E-state index contributed by atoms with van der Waals surface area (Å²) in [5.41, 5.74) is 4.48. The van der Waals surface area contributed by atoms with Crippen molar-refractivity contribution in [3.63, 3.8) is 0 Å². The highest BCUT2D eigenvalue weighted by Gasteiger charge is 2.03. The van der Waals surface area contributed by atoms with Crippen LogP contribution in [0.25, 0.3) is 22.0 Å². The van der Waals surface area contributed by atoms with Crippen molar-refractivity contribution < 1.29 is 19.4 Å². The van der Waals surface area contributed by atoms with Crippen molar-refractivity contribution in [2.45, 2.75) is 13.0 Å². The Hall–Kier alpha value is -3.70. The van der Waals surface area contributed by atoms with Crippen LogP contribution in [0.4, 0.5) is 0 Å². The molecule has 0 saturated carbocycles. The van der Waals surface area contributed by atoms with Crippen LogP contribution in [0.3, 0.4) is 0 Å². The van der Waals surface area contributed by atoms with Crippen molar-refractivity contribution in [2.75, 3.05) is 13.7 Å². The van der Waals surface area contributed by atoms with Crippen LogP contribution < -0.4 is 4.74 Å². The molecule has 4 rings (SSSR count). The number of carboxylic acid groups (broad SMARTS) is 1. The Kier molecular flexibility index (Phi) is 8.14. The molecule has 0 spiro atoms. The van der Waals surface area contributed by atoms with Gasteiger partial charge in [0.25, 0.3) is 6.47 Å². The summed E-state index contributed by atoms with van der Waals surface area (Å²) in [6.45, 7) is 1.03. The minimum atomic E-state index is -0.250. The van der Waals surface area contributed by atoms with Gasteiger partial charge in [0.05, 0.1) is 12.3 Å². The summed E-state index contributed by atoms with van der Waals surface area (Å²) < 4.78 is 11.0. The number of nitrogens with zero attached hydrogens (tertiary/aromatic N) is 1. The van der Waals surface area contributed by atoms with E-state index < -0.39 is 0 Å². The average Bonchev–Trinajstić information content (AvgIpc) is 2.82. The Labute approximate surface area is 181 Å². The topological polar surface area (TPSA) is 68.7 Å². The van der Waals surface area contributed by atoms with Crippen LogP contribution in [-0.2, 0) is 22.6 Å². The van der Waals surface area contributed by atoms with Crippen molar-refractivity contribution in [3.8, 4) is 17.0 Å². The van der Waals surface area contributed by atoms with E-state index in [1.165, 1.54) is 10.9 Å². The molecule has 0 fully saturated rings. The van der Waals surface area contributed by atoms with Gasteiger partial charge in [-0.05, 0) is 41.1 Å². The number of hydrogen-bond acceptors (Lipinski definition) is 4. The number of fused-ring (bicyclic) bond motifs is 1. The van der Waals surface area contributed by atoms with E-state index in [9.17, 15) is 0 Å². The maximum Gasteiger partial charge on any atom is 0.290 e. The summed E-state index contributed by atoms with van der Waals surface area (Å²) >= 11 is 0. The summed E-state index contributed by atoms with van der Waals surface area (Å²) in [5.74, 6) is 0.876. The number of carbonyl (C=O) groups is 1. The molecule has 5 nitrogen and oxygen atoms in total. The van der Waals surface area contributed by atoms with Gasteiger partial charge in [0.1, 0.15) is 12.4 Å². The van der Waals surface area contributed by atoms with Gasteiger partial charge in [-0.15, -0.1) is 0 Å². The molecule has 0 aliphatic carbocycles. The lowest BCUT2D eigenvalue weighted by Gasteiger charge is -2.09. The molecule has 0 aliphatic heterocycles. The van der Waals surface area contributed by atoms with Gasteiger partial charge < -0.3 is 14.6 Å². The molecule has 1 N–H and O–H groups in total. The smallest absolute Gasteiger partial charge is 0.290 e. The molecule has 0 aliphatic rings. The van der Waals surface area contributed by atoms with E-state index in [0.717, 1.165) is 41.0 Å². The zero-order chi connectivity index (χ0) is 21.9. The zero-order valence-corrected chi connectivity index (χ0v) is 17.4. The molecule has 0 atom stereocenters. The van der Waals surface area contributed by atoms with Crippen molar-refractivity contribution >= 4 is 17.2 Å². The lowest BCUT2D eigenvalue weighted by atomic mass is 10.1. The van der Waals surface area contributed by atoms with Gasteiger partial charge in [0.15, 0.2) is 0 Å². The van der Waals surface area contributed by atoms with Crippen LogP contribution in [0.15, 0.2) is 85.1 Å². The Morgan fingerprint density at radius 1 is 0.903 bits per heavy atom. The van der Waals surface area contributed by atoms with Crippen molar-refractivity contribution in [1.29, 1.82) is 0 Å². The van der Waals surface area contributed by atoms with Gasteiger partial charge in [-0.3, -0.25) is 9.78 Å². The lowest BCUT2D eigenvalue weighted by Crippen LogP contribution is -1.97. The summed E-state index contributed by atoms with van der Waals surface area (Å²) in [6.07, 6.45) is 2.85. The number of pyridine rings is 1. The fraction of sp³-hybridized carbons (Fsp3) is 0.154. The highest BCUT2D eigenvalue weighted by atomic mass is 16.5. The number of rotatable bonds is 7. The molecule has 158 valence electrons. The Balaban J connectivity index is 0.000000858. The molecule has 0 saturated heterocycles. The Bertz CT molecular complexity index is 1090. The highest BCUT2D eigenvalue weighted by molar-refractivity contribution is 5.85. The van der Waals surface area contributed by atoms with Gasteiger partial charge in [-0.1, -0.05) is 60.7 Å². The third-order valence-corrected chi connectivity index (χ3v) is 4.80. The molecule has 1 heterocycles. The predicted octanol–water partition coefficient (Wildman–Crippen LogP) is 5.37. The molecule has 4 aromatic rings. The van der Waals surface area contributed by atoms with Crippen LogP contribution in [0, 0.1) is 0 Å². The molecular weight excluding hydrogens is 390 g/mol. The van der Waals surface area contributed by atoms with E-state index >= 15 is 0 Å². The number of benzene rings is 3. The highest BCUT2D eigenvalue weighted by Crippen LogP contribution is 2.23. The summed E-state index contributed by atoms with van der Waals surface area (Å²) in [4.78, 5) is 13.0. The Morgan fingerprint density at radius 2 is 1.55 bits per heavy atom. The lowest BCUT2D eigenvalue weighted by molar-refractivity contribution is -0.122. The SMILES string of the molecule is COCCc1ccc(OCc2ccc(-c3cc4ccccc4cn3)cc2)cc1.O=CO. The zero-order valence-electron chi connectivity index (χ0n) is 17.4. The van der Waals surface area contributed by atoms with Crippen molar-refractivity contribution in [3.05, 3.63) is 96.2 Å². The predicted molar refractivity (Wildman–Crippen MR) is 122 cm³/mol. The standard InChI is InChI=1S/C25H23NO2.CH2O2/c1-27-15-14-19-8-12-24(13-9-19)28-18-20-6-10-21(11-7-20)25-16-22-4-2-3-5-23(22)17-26-25;2-1-3/h2-13,16-17H,14-15,18H2,1H3;1H,(H,2,3). The summed E-state index contributed by atoms with van der Waals surface area (Å²) in [5, 5.41) is 9.25. The molecule has 5 heteroatoms. The first-order valence-electron chi connectivity index (χ1n) is 9.96. The molecular formula is C26H25NO4. The summed E-state index contributed by atoms with van der Waals surface area (Å²) in [6, 6.07) is 27.0. The fourth-order valence-corrected chi connectivity index (χ4v) is 3.15. The van der Waals surface area contributed by atoms with E-state index in [0.29, 0.717) is 6.61 Å². The van der Waals surface area contributed by atoms with Gasteiger partial charge >= 0.3 is 0 Å². The van der Waals surface area contributed by atoms with Gasteiger partial charge in [-0.25, -0.2) is 0 Å². The molecule has 1 aromatic heterocycles. The fourth-order valence-electron chi connectivity index (χ4n) is 3.15. The normalized spacial score (nSPS) is 10.2. The minimum absolute atomic E-state index is 0.250. The second-order valence-electron chi connectivity index (χ2n) is 6.89. The number of ether oxygens (including phenoxy) is 2. The van der Waals surface area contributed by atoms with Crippen LogP contribution >= 0.6 is 0 Å². The number of methoxy groups -OCH3 is 1. The monoisotopic (exact) mass is 415 g/mol. The first-order valence-corrected chi connectivity index (χ1v) is 9.96. The van der Waals surface area contributed by atoms with Crippen LogP contribution in [0.5, 0.6) is 5.75 Å². The third-order valence-electron chi connectivity index (χ3n) is 4.80. The maximum absolute atomic E-state index is 8.36. The third kappa shape index (κ3) is 6.39. The molecule has 0 radical (unpaired) electrons. The average molecular weight is 415 g/mol. The van der Waals surface area contributed by atoms with Crippen molar-refractivity contribution in [1.82, 2.24) is 4.98 Å². The first-order chi connectivity index (χ1) is 15.2. The van der Waals surface area contributed by atoms with E-state index in [4.69, 9.17) is 19.4 Å². The molecule has 3 aromatic carbocycles. The molecule has 0 amide bonds. The van der Waals surface area contributed by atoms with Gasteiger partial charge in [0.2, 0.25) is 0 Å². The van der Waals surface area contributed by atoms with E-state index in [1.54, 1.807) is 7.11 Å². The number of aromatic nitrogens is 1. The largest absolute Gasteiger partial charge is 0.489 e. The quantitative estimate of drug-likeness (QED) is 0.411. The van der Waals surface area contributed by atoms with Crippen LogP contribution in [0.1, 0.15) is 11.1 Å². The molecule has 0 bridgehead atoms. The van der Waals surface area contributed by atoms with E-state index in [2.05, 4.69) is 65.6 Å². The minimum Gasteiger partial charge on any atom is -0.489 e. The van der Waals surface area contributed by atoms with Crippen LogP contribution in [-0.4, -0.2) is 30.3 Å². The van der Waals surface area contributed by atoms with Crippen LogP contribution in [0.2, 0.25) is 0 Å². The van der Waals surface area contributed by atoms with Gasteiger partial charge in [0, 0.05) is 24.3 Å². The van der Waals surface area contributed by atoms with Gasteiger partial charge in [-0.2, -0.15) is 0 Å². The van der Waals surface area contributed by atoms with E-state index in [1.807, 2.05) is 24.4 Å². The maximum atomic E-state index is 8.36. The summed E-state index contributed by atoms with van der Waals surface area (Å²) in [7, 11) is 1.72. The number of hydrogen-bond donors (Lipinski definition) is 1. The van der Waals surface area contributed by atoms with Crippen molar-refractivity contribution in [2.24, 2.45) is 0 Å². The first kappa shape index (κ1) is 22.0.